The monoisotopic (exact) mass is 237 g/mol. The molecule has 1 aromatic carbocycles. The highest BCUT2D eigenvalue weighted by Gasteiger charge is 2.15. The molecule has 2 nitrogen and oxygen atoms in total. The molecule has 0 radical (unpaired) electrons. The Bertz CT molecular complexity index is 414. The largest absolute Gasteiger partial charge is 0.496 e. The number of hydrogen-bond donors (Lipinski definition) is 1. The van der Waals surface area contributed by atoms with Gasteiger partial charge in [-0.05, 0) is 43.0 Å². The Labute approximate surface area is 101 Å². The number of benzene rings is 1. The minimum atomic E-state index is 0.160. The number of allylic oxidation sites excluding steroid dienone is 1. The van der Waals surface area contributed by atoms with Crippen LogP contribution in [0.4, 0.5) is 0 Å². The van der Waals surface area contributed by atoms with Crippen LogP contribution in [0.2, 0.25) is 5.02 Å². The Balaban J connectivity index is 2.41. The molecule has 1 atom stereocenters. The number of ether oxygens (including phenoxy) is 1. The number of hydrogen-bond acceptors (Lipinski definition) is 2. The van der Waals surface area contributed by atoms with Gasteiger partial charge in [0.05, 0.1) is 7.11 Å². The van der Waals surface area contributed by atoms with Crippen LogP contribution in [0.1, 0.15) is 24.8 Å². The van der Waals surface area contributed by atoms with Crippen LogP contribution < -0.4 is 10.5 Å². The minimum Gasteiger partial charge on any atom is -0.496 e. The molecular formula is C13H16ClNO. The highest BCUT2D eigenvalue weighted by molar-refractivity contribution is 6.30. The van der Waals surface area contributed by atoms with Crippen LogP contribution in [0.5, 0.6) is 5.75 Å². The Kier molecular flexibility index (Phi) is 3.52. The average Bonchev–Trinajstić information content (AvgIpc) is 2.29. The lowest BCUT2D eigenvalue weighted by Crippen LogP contribution is -2.20. The van der Waals surface area contributed by atoms with E-state index in [1.807, 2.05) is 18.2 Å². The minimum absolute atomic E-state index is 0.160. The van der Waals surface area contributed by atoms with Crippen LogP contribution in [0.3, 0.4) is 0 Å². The second-order valence-corrected chi connectivity index (χ2v) is 4.53. The Morgan fingerprint density at radius 1 is 1.44 bits per heavy atom. The van der Waals surface area contributed by atoms with Gasteiger partial charge in [-0.15, -0.1) is 0 Å². The van der Waals surface area contributed by atoms with E-state index < -0.39 is 0 Å². The molecule has 0 aromatic heterocycles. The third-order valence-corrected chi connectivity index (χ3v) is 3.14. The van der Waals surface area contributed by atoms with Crippen molar-refractivity contribution in [1.82, 2.24) is 0 Å². The van der Waals surface area contributed by atoms with Gasteiger partial charge in [0.15, 0.2) is 0 Å². The van der Waals surface area contributed by atoms with Gasteiger partial charge in [0.25, 0.3) is 0 Å². The van der Waals surface area contributed by atoms with Crippen molar-refractivity contribution in [2.45, 2.75) is 25.3 Å². The molecule has 2 N–H and O–H groups in total. The molecule has 1 aliphatic carbocycles. The van der Waals surface area contributed by atoms with Crippen molar-refractivity contribution in [2.75, 3.05) is 7.11 Å². The maximum Gasteiger partial charge on any atom is 0.126 e. The highest BCUT2D eigenvalue weighted by Crippen LogP contribution is 2.34. The SMILES string of the molecule is COc1ccc(Cl)cc1C1=CC(N)CCC1. The first-order valence-electron chi connectivity index (χ1n) is 5.51. The van der Waals surface area contributed by atoms with Crippen molar-refractivity contribution >= 4 is 17.2 Å². The topological polar surface area (TPSA) is 35.2 Å². The summed E-state index contributed by atoms with van der Waals surface area (Å²) in [6.07, 6.45) is 5.36. The number of rotatable bonds is 2. The summed E-state index contributed by atoms with van der Waals surface area (Å²) >= 11 is 6.02. The van der Waals surface area contributed by atoms with Crippen molar-refractivity contribution in [3.05, 3.63) is 34.9 Å². The predicted molar refractivity (Wildman–Crippen MR) is 67.8 cm³/mol. The maximum atomic E-state index is 6.02. The van der Waals surface area contributed by atoms with E-state index in [1.54, 1.807) is 7.11 Å². The molecule has 1 unspecified atom stereocenters. The molecule has 0 bridgehead atoms. The summed E-state index contributed by atoms with van der Waals surface area (Å²) in [4.78, 5) is 0. The zero-order chi connectivity index (χ0) is 11.5. The quantitative estimate of drug-likeness (QED) is 0.857. The van der Waals surface area contributed by atoms with Gasteiger partial charge in [0.2, 0.25) is 0 Å². The van der Waals surface area contributed by atoms with Gasteiger partial charge in [-0.3, -0.25) is 0 Å². The summed E-state index contributed by atoms with van der Waals surface area (Å²) in [5, 5.41) is 0.732. The fourth-order valence-corrected chi connectivity index (χ4v) is 2.28. The lowest BCUT2D eigenvalue weighted by atomic mass is 9.91. The summed E-state index contributed by atoms with van der Waals surface area (Å²) in [6.45, 7) is 0. The van der Waals surface area contributed by atoms with Gasteiger partial charge in [-0.25, -0.2) is 0 Å². The summed E-state index contributed by atoms with van der Waals surface area (Å²) < 4.78 is 5.35. The van der Waals surface area contributed by atoms with E-state index in [0.29, 0.717) is 0 Å². The van der Waals surface area contributed by atoms with Gasteiger partial charge in [0.1, 0.15) is 5.75 Å². The molecule has 0 saturated heterocycles. The maximum absolute atomic E-state index is 6.02. The molecule has 0 heterocycles. The molecule has 0 fully saturated rings. The van der Waals surface area contributed by atoms with Crippen LogP contribution in [0, 0.1) is 0 Å². The Morgan fingerprint density at radius 3 is 2.94 bits per heavy atom. The second kappa shape index (κ2) is 4.89. The molecule has 1 aliphatic rings. The molecule has 86 valence electrons. The summed E-state index contributed by atoms with van der Waals surface area (Å²) in [6, 6.07) is 5.85. The lowest BCUT2D eigenvalue weighted by molar-refractivity contribution is 0.413. The molecule has 0 amide bonds. The van der Waals surface area contributed by atoms with E-state index in [0.717, 1.165) is 35.6 Å². The lowest BCUT2D eigenvalue weighted by Gasteiger charge is -2.19. The first-order valence-corrected chi connectivity index (χ1v) is 5.88. The smallest absolute Gasteiger partial charge is 0.126 e. The fourth-order valence-electron chi connectivity index (χ4n) is 2.11. The first-order chi connectivity index (χ1) is 7.70. The van der Waals surface area contributed by atoms with Crippen LogP contribution in [-0.4, -0.2) is 13.2 Å². The van der Waals surface area contributed by atoms with Gasteiger partial charge < -0.3 is 10.5 Å². The molecule has 0 aliphatic heterocycles. The van der Waals surface area contributed by atoms with Gasteiger partial charge in [-0.1, -0.05) is 17.7 Å². The molecule has 0 spiro atoms. The molecule has 0 saturated carbocycles. The first kappa shape index (κ1) is 11.5. The summed E-state index contributed by atoms with van der Waals surface area (Å²) in [5.41, 5.74) is 8.26. The third kappa shape index (κ3) is 2.39. The highest BCUT2D eigenvalue weighted by atomic mass is 35.5. The van der Waals surface area contributed by atoms with Crippen molar-refractivity contribution in [3.63, 3.8) is 0 Å². The second-order valence-electron chi connectivity index (χ2n) is 4.09. The zero-order valence-corrected chi connectivity index (χ0v) is 10.1. The summed E-state index contributed by atoms with van der Waals surface area (Å²) in [5.74, 6) is 0.866. The zero-order valence-electron chi connectivity index (χ0n) is 9.37. The van der Waals surface area contributed by atoms with Crippen LogP contribution >= 0.6 is 11.6 Å². The number of nitrogens with two attached hydrogens (primary N) is 1. The van der Waals surface area contributed by atoms with Gasteiger partial charge in [-0.2, -0.15) is 0 Å². The van der Waals surface area contributed by atoms with Crippen molar-refractivity contribution < 1.29 is 4.74 Å². The standard InChI is InChI=1S/C13H16ClNO/c1-16-13-6-5-10(14)8-12(13)9-3-2-4-11(15)7-9/h5-8,11H,2-4,15H2,1H3. The molecule has 3 heteroatoms. The van der Waals surface area contributed by atoms with E-state index in [-0.39, 0.29) is 6.04 Å². The van der Waals surface area contributed by atoms with Gasteiger partial charge in [0, 0.05) is 16.6 Å². The average molecular weight is 238 g/mol. The van der Waals surface area contributed by atoms with E-state index in [4.69, 9.17) is 22.1 Å². The van der Waals surface area contributed by atoms with E-state index >= 15 is 0 Å². The van der Waals surface area contributed by atoms with Crippen LogP contribution in [0.25, 0.3) is 5.57 Å². The Hall–Kier alpha value is -0.990. The number of methoxy groups -OCH3 is 1. The van der Waals surface area contributed by atoms with Crippen LogP contribution in [0.15, 0.2) is 24.3 Å². The summed E-state index contributed by atoms with van der Waals surface area (Å²) in [7, 11) is 1.68. The van der Waals surface area contributed by atoms with E-state index in [9.17, 15) is 0 Å². The molecule has 2 rings (SSSR count). The fraction of sp³-hybridized carbons (Fsp3) is 0.385. The van der Waals surface area contributed by atoms with Crippen molar-refractivity contribution in [1.29, 1.82) is 0 Å². The predicted octanol–water partition coefficient (Wildman–Crippen LogP) is 3.24. The van der Waals surface area contributed by atoms with Crippen LogP contribution in [-0.2, 0) is 0 Å². The Morgan fingerprint density at radius 2 is 2.25 bits per heavy atom. The van der Waals surface area contributed by atoms with E-state index in [1.165, 1.54) is 5.57 Å². The van der Waals surface area contributed by atoms with Crippen molar-refractivity contribution in [3.8, 4) is 5.75 Å². The normalized spacial score (nSPS) is 20.4. The third-order valence-electron chi connectivity index (χ3n) is 2.91. The molecule has 16 heavy (non-hydrogen) atoms. The molecule has 1 aromatic rings. The number of halogens is 1. The van der Waals surface area contributed by atoms with Crippen molar-refractivity contribution in [2.24, 2.45) is 5.73 Å². The molecular weight excluding hydrogens is 222 g/mol. The van der Waals surface area contributed by atoms with E-state index in [2.05, 4.69) is 6.08 Å². The van der Waals surface area contributed by atoms with Gasteiger partial charge >= 0.3 is 0 Å².